The number of hydrogen-bond donors (Lipinski definition) is 1. The Morgan fingerprint density at radius 3 is 2.77 bits per heavy atom. The Morgan fingerprint density at radius 1 is 1.27 bits per heavy atom. The molecule has 1 fully saturated rings. The van der Waals surface area contributed by atoms with Crippen molar-refractivity contribution in [1.82, 2.24) is 10.5 Å². The molecule has 0 aliphatic carbocycles. The molecule has 0 radical (unpaired) electrons. The molecule has 2 aromatic rings. The zero-order chi connectivity index (χ0) is 21.3. The second-order valence-corrected chi connectivity index (χ2v) is 6.72. The molecule has 7 nitrogen and oxygen atoms in total. The first-order chi connectivity index (χ1) is 14.6. The summed E-state index contributed by atoms with van der Waals surface area (Å²) in [5, 5.41) is 0. The molecule has 1 amide bonds. The van der Waals surface area contributed by atoms with Crippen molar-refractivity contribution in [3.8, 4) is 11.5 Å². The third-order valence-electron chi connectivity index (χ3n) is 4.53. The van der Waals surface area contributed by atoms with Crippen molar-refractivity contribution in [2.75, 3.05) is 6.61 Å². The predicted molar refractivity (Wildman–Crippen MR) is 111 cm³/mol. The van der Waals surface area contributed by atoms with Crippen LogP contribution in [0.25, 0.3) is 11.5 Å². The zero-order valence-electron chi connectivity index (χ0n) is 17.0. The quantitative estimate of drug-likeness (QED) is 0.294. The van der Waals surface area contributed by atoms with Gasteiger partial charge in [-0.05, 0) is 44.1 Å². The number of rotatable bonds is 9. The van der Waals surface area contributed by atoms with Crippen molar-refractivity contribution < 1.29 is 23.6 Å². The number of allylic oxidation sites excluding steroid dienone is 5. The number of hydrogen-bond acceptors (Lipinski definition) is 6. The maximum absolute atomic E-state index is 11.6. The van der Waals surface area contributed by atoms with Gasteiger partial charge in [-0.3, -0.25) is 4.79 Å². The van der Waals surface area contributed by atoms with Crippen LogP contribution in [-0.2, 0) is 25.6 Å². The van der Waals surface area contributed by atoms with Crippen LogP contribution < -0.4 is 5.48 Å². The number of oxazole rings is 1. The summed E-state index contributed by atoms with van der Waals surface area (Å²) in [6, 6.07) is 9.75. The third-order valence-corrected chi connectivity index (χ3v) is 4.53. The van der Waals surface area contributed by atoms with Crippen molar-refractivity contribution in [2.45, 2.75) is 26.7 Å². The van der Waals surface area contributed by atoms with E-state index in [0.717, 1.165) is 22.6 Å². The molecule has 156 valence electrons. The van der Waals surface area contributed by atoms with E-state index in [-0.39, 0.29) is 6.42 Å². The molecule has 1 aromatic heterocycles. The van der Waals surface area contributed by atoms with E-state index >= 15 is 0 Å². The fraction of sp³-hybridized carbons (Fsp3) is 0.261. The molecule has 1 unspecified atom stereocenters. The highest BCUT2D eigenvalue weighted by molar-refractivity contribution is 6.01. The van der Waals surface area contributed by atoms with Crippen LogP contribution in [0.1, 0.15) is 24.8 Å². The van der Waals surface area contributed by atoms with E-state index in [0.29, 0.717) is 18.9 Å². The lowest BCUT2D eigenvalue weighted by Crippen LogP contribution is -2.19. The van der Waals surface area contributed by atoms with Crippen LogP contribution in [0.2, 0.25) is 0 Å². The lowest BCUT2D eigenvalue weighted by atomic mass is 9.99. The van der Waals surface area contributed by atoms with E-state index in [9.17, 15) is 9.59 Å². The molecule has 0 spiro atoms. The van der Waals surface area contributed by atoms with Gasteiger partial charge >= 0.3 is 5.97 Å². The SMILES string of the molecule is C\C=C/C(=C\C=C\OCCc1nc(-c2ccccc2)oc1C)CC1C(=O)NOC1=O. The number of nitrogens with zero attached hydrogens (tertiary/aromatic N) is 1. The Hall–Kier alpha value is -3.61. The number of carbonyl (C=O) groups excluding carboxylic acids is 2. The molecule has 1 saturated heterocycles. The van der Waals surface area contributed by atoms with Gasteiger partial charge in [-0.25, -0.2) is 9.78 Å². The molecule has 1 N–H and O–H groups in total. The first-order valence-corrected chi connectivity index (χ1v) is 9.70. The van der Waals surface area contributed by atoms with E-state index < -0.39 is 17.8 Å². The van der Waals surface area contributed by atoms with Gasteiger partial charge in [0, 0.05) is 12.0 Å². The Balaban J connectivity index is 1.51. The van der Waals surface area contributed by atoms with Crippen LogP contribution in [0.15, 0.2) is 70.9 Å². The summed E-state index contributed by atoms with van der Waals surface area (Å²) >= 11 is 0. The molecule has 2 heterocycles. The van der Waals surface area contributed by atoms with Gasteiger partial charge < -0.3 is 14.0 Å². The summed E-state index contributed by atoms with van der Waals surface area (Å²) in [7, 11) is 0. The number of aryl methyl sites for hydroxylation is 1. The lowest BCUT2D eigenvalue weighted by Gasteiger charge is -2.03. The normalized spacial score (nSPS) is 17.0. The number of carbonyl (C=O) groups is 2. The maximum Gasteiger partial charge on any atom is 0.345 e. The van der Waals surface area contributed by atoms with Gasteiger partial charge in [0.2, 0.25) is 5.89 Å². The second-order valence-electron chi connectivity index (χ2n) is 6.72. The van der Waals surface area contributed by atoms with E-state index in [1.807, 2.05) is 56.3 Å². The first-order valence-electron chi connectivity index (χ1n) is 9.70. The minimum absolute atomic E-state index is 0.264. The molecular formula is C23H24N2O5. The summed E-state index contributed by atoms with van der Waals surface area (Å²) in [5.41, 5.74) is 4.70. The fourth-order valence-corrected chi connectivity index (χ4v) is 2.97. The Kier molecular flexibility index (Phi) is 7.21. The molecule has 1 atom stereocenters. The number of nitrogens with one attached hydrogen (secondary N) is 1. The van der Waals surface area contributed by atoms with E-state index in [4.69, 9.17) is 9.15 Å². The molecule has 0 bridgehead atoms. The first kappa shape index (κ1) is 21.1. The number of ether oxygens (including phenoxy) is 1. The van der Waals surface area contributed by atoms with Crippen molar-refractivity contribution in [2.24, 2.45) is 5.92 Å². The molecule has 30 heavy (non-hydrogen) atoms. The van der Waals surface area contributed by atoms with Crippen LogP contribution in [0.5, 0.6) is 0 Å². The van der Waals surface area contributed by atoms with Gasteiger partial charge in [0.25, 0.3) is 5.91 Å². The largest absolute Gasteiger partial charge is 0.501 e. The van der Waals surface area contributed by atoms with Crippen molar-refractivity contribution >= 4 is 11.9 Å². The Labute approximate surface area is 175 Å². The summed E-state index contributed by atoms with van der Waals surface area (Å²) in [6.07, 6.45) is 9.67. The van der Waals surface area contributed by atoms with Crippen LogP contribution in [-0.4, -0.2) is 23.5 Å². The van der Waals surface area contributed by atoms with Crippen molar-refractivity contribution in [1.29, 1.82) is 0 Å². The van der Waals surface area contributed by atoms with Crippen LogP contribution >= 0.6 is 0 Å². The number of aromatic nitrogens is 1. The minimum Gasteiger partial charge on any atom is -0.501 e. The molecule has 3 rings (SSSR count). The minimum atomic E-state index is -0.823. The molecular weight excluding hydrogens is 384 g/mol. The summed E-state index contributed by atoms with van der Waals surface area (Å²) in [6.45, 7) is 4.20. The van der Waals surface area contributed by atoms with Gasteiger partial charge in [0.05, 0.1) is 18.6 Å². The van der Waals surface area contributed by atoms with Gasteiger partial charge in [-0.1, -0.05) is 36.4 Å². The van der Waals surface area contributed by atoms with Crippen LogP contribution in [0.3, 0.4) is 0 Å². The van der Waals surface area contributed by atoms with Gasteiger partial charge in [0.15, 0.2) is 0 Å². The summed E-state index contributed by atoms with van der Waals surface area (Å²) < 4.78 is 11.3. The van der Waals surface area contributed by atoms with Crippen LogP contribution in [0, 0.1) is 12.8 Å². The number of amides is 1. The van der Waals surface area contributed by atoms with E-state index in [1.165, 1.54) is 0 Å². The maximum atomic E-state index is 11.6. The van der Waals surface area contributed by atoms with Crippen LogP contribution in [0.4, 0.5) is 0 Å². The Bertz CT molecular complexity index is 957. The number of benzene rings is 1. The average Bonchev–Trinajstić information content (AvgIpc) is 3.28. The van der Waals surface area contributed by atoms with Crippen molar-refractivity contribution in [3.05, 3.63) is 77.9 Å². The van der Waals surface area contributed by atoms with E-state index in [2.05, 4.69) is 15.3 Å². The monoisotopic (exact) mass is 408 g/mol. The van der Waals surface area contributed by atoms with Gasteiger partial charge in [0.1, 0.15) is 11.7 Å². The summed E-state index contributed by atoms with van der Waals surface area (Å²) in [5.74, 6) is -0.428. The highest BCUT2D eigenvalue weighted by Gasteiger charge is 2.35. The second kappa shape index (κ2) is 10.2. The zero-order valence-corrected chi connectivity index (χ0v) is 17.0. The molecule has 7 heteroatoms. The highest BCUT2D eigenvalue weighted by Crippen LogP contribution is 2.22. The summed E-state index contributed by atoms with van der Waals surface area (Å²) in [4.78, 5) is 32.3. The molecule has 1 aromatic carbocycles. The molecule has 0 saturated carbocycles. The Morgan fingerprint density at radius 2 is 2.07 bits per heavy atom. The standard InChI is InChI=1S/C23H24N2O5/c1-3-8-17(15-19-21(26)25-30-23(19)27)9-7-13-28-14-12-20-16(2)29-22(24-20)18-10-5-4-6-11-18/h3-11,13,19H,12,14-15H2,1-2H3,(H,25,26)/b8-3-,13-7+,17-9+. The van der Waals surface area contributed by atoms with Gasteiger partial charge in [-0.15, -0.1) is 0 Å². The highest BCUT2D eigenvalue weighted by atomic mass is 16.7. The topological polar surface area (TPSA) is 90.7 Å². The predicted octanol–water partition coefficient (Wildman–Crippen LogP) is 3.82. The third kappa shape index (κ3) is 5.47. The van der Waals surface area contributed by atoms with Crippen molar-refractivity contribution in [3.63, 3.8) is 0 Å². The smallest absolute Gasteiger partial charge is 0.345 e. The average molecular weight is 408 g/mol. The molecule has 1 aliphatic heterocycles. The van der Waals surface area contributed by atoms with Gasteiger partial charge in [-0.2, -0.15) is 5.48 Å². The van der Waals surface area contributed by atoms with E-state index in [1.54, 1.807) is 18.4 Å². The molecule has 1 aliphatic rings. The fourth-order valence-electron chi connectivity index (χ4n) is 2.97. The number of hydroxylamine groups is 1. The lowest BCUT2D eigenvalue weighted by molar-refractivity contribution is -0.146.